The molecule has 2 aliphatic carbocycles. The molecular weight excluding hydrogens is 577 g/mol. The number of fused-ring (bicyclic) bond motifs is 8. The maximum atomic E-state index is 2.50. The molecule has 0 bridgehead atoms. The van der Waals surface area contributed by atoms with Crippen molar-refractivity contribution in [2.75, 3.05) is 0 Å². The van der Waals surface area contributed by atoms with Crippen LogP contribution in [0.4, 0.5) is 0 Å². The fourth-order valence-electron chi connectivity index (χ4n) is 8.99. The van der Waals surface area contributed by atoms with E-state index >= 15 is 0 Å². The first-order valence-electron chi connectivity index (χ1n) is 17.4. The lowest BCUT2D eigenvalue weighted by molar-refractivity contribution is 0.591. The van der Waals surface area contributed by atoms with Gasteiger partial charge in [0, 0.05) is 10.8 Å². The normalized spacial score (nSPS) is 15.3. The zero-order chi connectivity index (χ0) is 33.2. The molecule has 0 heterocycles. The summed E-state index contributed by atoms with van der Waals surface area (Å²) in [5.41, 5.74) is 17.6. The van der Waals surface area contributed by atoms with Crippen LogP contribution in [0.5, 0.6) is 0 Å². The smallest absolute Gasteiger partial charge is 0.0159 e. The van der Waals surface area contributed by atoms with Gasteiger partial charge in [0.1, 0.15) is 0 Å². The van der Waals surface area contributed by atoms with Crippen molar-refractivity contribution in [1.82, 2.24) is 0 Å². The third-order valence-corrected chi connectivity index (χ3v) is 11.6. The molecule has 0 amide bonds. The van der Waals surface area contributed by atoms with Crippen LogP contribution in [0.1, 0.15) is 76.3 Å². The summed E-state index contributed by atoms with van der Waals surface area (Å²) >= 11 is 0. The van der Waals surface area contributed by atoms with E-state index in [1.54, 1.807) is 0 Å². The van der Waals surface area contributed by atoms with E-state index in [9.17, 15) is 0 Å². The molecule has 234 valence electrons. The maximum Gasteiger partial charge on any atom is 0.0159 e. The van der Waals surface area contributed by atoms with Crippen LogP contribution in [-0.4, -0.2) is 0 Å². The zero-order valence-electron chi connectivity index (χ0n) is 29.1. The second-order valence-electron chi connectivity index (χ2n) is 16.2. The summed E-state index contributed by atoms with van der Waals surface area (Å²) in [4.78, 5) is 0. The molecule has 0 N–H and O–H groups in total. The molecule has 0 saturated heterocycles. The van der Waals surface area contributed by atoms with Gasteiger partial charge >= 0.3 is 0 Å². The fraction of sp³-hybridized carbons (Fsp3) is 0.208. The quantitative estimate of drug-likeness (QED) is 0.169. The van der Waals surface area contributed by atoms with Crippen molar-refractivity contribution in [2.45, 2.75) is 64.7 Å². The largest absolute Gasteiger partial charge is 0.0619 e. The molecule has 7 aromatic rings. The Labute approximate surface area is 285 Å². The summed E-state index contributed by atoms with van der Waals surface area (Å²) < 4.78 is 0. The Balaban J connectivity index is 1.35. The summed E-state index contributed by atoms with van der Waals surface area (Å²) in [6, 6.07) is 48.7. The number of rotatable bonds is 2. The van der Waals surface area contributed by atoms with Crippen molar-refractivity contribution >= 4 is 21.5 Å². The summed E-state index contributed by atoms with van der Waals surface area (Å²) in [7, 11) is 0. The first-order chi connectivity index (χ1) is 23.0. The van der Waals surface area contributed by atoms with Crippen LogP contribution >= 0.6 is 0 Å². The van der Waals surface area contributed by atoms with Crippen molar-refractivity contribution < 1.29 is 0 Å². The van der Waals surface area contributed by atoms with Crippen molar-refractivity contribution in [1.29, 1.82) is 0 Å². The highest BCUT2D eigenvalue weighted by Gasteiger charge is 2.37. The number of hydrogen-bond donors (Lipinski definition) is 0. The summed E-state index contributed by atoms with van der Waals surface area (Å²) in [5.74, 6) is 0. The Bertz CT molecular complexity index is 2480. The average Bonchev–Trinajstić information content (AvgIpc) is 3.45. The van der Waals surface area contributed by atoms with Gasteiger partial charge in [-0.3, -0.25) is 0 Å². The second-order valence-corrected chi connectivity index (χ2v) is 16.2. The van der Waals surface area contributed by atoms with Gasteiger partial charge in [0.15, 0.2) is 0 Å². The van der Waals surface area contributed by atoms with E-state index in [0.717, 1.165) is 0 Å². The molecule has 0 unspecified atom stereocenters. The Hall–Kier alpha value is -4.94. The van der Waals surface area contributed by atoms with Crippen molar-refractivity contribution in [3.05, 3.63) is 155 Å². The third kappa shape index (κ3) is 3.96. The van der Waals surface area contributed by atoms with Gasteiger partial charge in [-0.15, -0.1) is 0 Å². The van der Waals surface area contributed by atoms with Crippen LogP contribution in [0.3, 0.4) is 0 Å². The van der Waals surface area contributed by atoms with Crippen molar-refractivity contribution in [2.24, 2.45) is 0 Å². The lowest BCUT2D eigenvalue weighted by Crippen LogP contribution is -2.15. The van der Waals surface area contributed by atoms with Crippen LogP contribution in [0.2, 0.25) is 0 Å². The zero-order valence-corrected chi connectivity index (χ0v) is 29.1. The second kappa shape index (κ2) is 9.80. The van der Waals surface area contributed by atoms with E-state index in [2.05, 4.69) is 176 Å². The molecule has 0 heteroatoms. The Morgan fingerprint density at radius 1 is 0.375 bits per heavy atom. The highest BCUT2D eigenvalue weighted by atomic mass is 14.4. The maximum absolute atomic E-state index is 2.50. The molecule has 0 aromatic heterocycles. The SMILES string of the molecule is CC(C)(C)c1ccc2c(-c3ccc4c(c3)C(C)(C)c3ccccc3-4)c3ccccc3c(-c3ccc4c(c3)C(C)(C)c3ccccc3-4)c2c1. The number of hydrogen-bond acceptors (Lipinski definition) is 0. The molecule has 0 spiro atoms. The minimum Gasteiger partial charge on any atom is -0.0619 e. The molecule has 0 nitrogen and oxygen atoms in total. The molecule has 7 aromatic carbocycles. The van der Waals surface area contributed by atoms with E-state index in [4.69, 9.17) is 0 Å². The topological polar surface area (TPSA) is 0 Å². The highest BCUT2D eigenvalue weighted by molar-refractivity contribution is 6.21. The van der Waals surface area contributed by atoms with E-state index in [1.807, 2.05) is 0 Å². The highest BCUT2D eigenvalue weighted by Crippen LogP contribution is 2.53. The molecule has 2 aliphatic rings. The van der Waals surface area contributed by atoms with E-state index < -0.39 is 0 Å². The minimum atomic E-state index is -0.0567. The standard InChI is InChI=1S/C48H42/c1-46(2,3)31-22-25-38-39(28-31)45(30-21-24-35-33-15-11-13-19-41(33)48(6,7)43(35)27-30)37-17-9-8-16-36(37)44(38)29-20-23-34-32-14-10-12-18-40(32)47(4,5)42(34)26-29/h8-28H,1-7H3. The summed E-state index contributed by atoms with van der Waals surface area (Å²) in [5, 5.41) is 5.25. The van der Waals surface area contributed by atoms with Gasteiger partial charge in [-0.25, -0.2) is 0 Å². The summed E-state index contributed by atoms with van der Waals surface area (Å²) in [6.07, 6.45) is 0. The van der Waals surface area contributed by atoms with Crippen LogP contribution in [0, 0.1) is 0 Å². The predicted octanol–water partition coefficient (Wildman–Crippen LogP) is 13.2. The van der Waals surface area contributed by atoms with Gasteiger partial charge in [-0.2, -0.15) is 0 Å². The molecule has 0 aliphatic heterocycles. The predicted molar refractivity (Wildman–Crippen MR) is 206 cm³/mol. The van der Waals surface area contributed by atoms with Gasteiger partial charge in [0.2, 0.25) is 0 Å². The Kier molecular flexibility index (Phi) is 5.97. The van der Waals surface area contributed by atoms with Crippen LogP contribution < -0.4 is 0 Å². The van der Waals surface area contributed by atoms with E-state index in [-0.39, 0.29) is 16.2 Å². The van der Waals surface area contributed by atoms with Gasteiger partial charge in [0.05, 0.1) is 0 Å². The first-order valence-corrected chi connectivity index (χ1v) is 17.4. The minimum absolute atomic E-state index is 0.0300. The summed E-state index contributed by atoms with van der Waals surface area (Å²) in [6.45, 7) is 16.5. The lowest BCUT2D eigenvalue weighted by Gasteiger charge is -2.25. The monoisotopic (exact) mass is 618 g/mol. The van der Waals surface area contributed by atoms with Gasteiger partial charge in [-0.1, -0.05) is 158 Å². The Morgan fingerprint density at radius 2 is 0.792 bits per heavy atom. The van der Waals surface area contributed by atoms with Crippen molar-refractivity contribution in [3.8, 4) is 44.5 Å². The van der Waals surface area contributed by atoms with Crippen molar-refractivity contribution in [3.63, 3.8) is 0 Å². The van der Waals surface area contributed by atoms with E-state index in [1.165, 1.54) is 93.9 Å². The fourth-order valence-corrected chi connectivity index (χ4v) is 8.99. The third-order valence-electron chi connectivity index (χ3n) is 11.6. The van der Waals surface area contributed by atoms with Gasteiger partial charge in [-0.05, 0) is 117 Å². The molecule has 9 rings (SSSR count). The average molecular weight is 619 g/mol. The molecule has 48 heavy (non-hydrogen) atoms. The number of benzene rings is 7. The van der Waals surface area contributed by atoms with Crippen LogP contribution in [-0.2, 0) is 16.2 Å². The lowest BCUT2D eigenvalue weighted by atomic mass is 9.78. The van der Waals surface area contributed by atoms with E-state index in [0.29, 0.717) is 0 Å². The van der Waals surface area contributed by atoms with Gasteiger partial charge in [0.25, 0.3) is 0 Å². The Morgan fingerprint density at radius 3 is 1.29 bits per heavy atom. The molecule has 0 saturated carbocycles. The molecular formula is C48H42. The van der Waals surface area contributed by atoms with Gasteiger partial charge < -0.3 is 0 Å². The molecule has 0 fully saturated rings. The van der Waals surface area contributed by atoms with Crippen LogP contribution in [0.25, 0.3) is 66.1 Å². The molecule has 0 atom stereocenters. The molecule has 0 radical (unpaired) electrons. The van der Waals surface area contributed by atoms with Crippen LogP contribution in [0.15, 0.2) is 127 Å². The first kappa shape index (κ1) is 29.2.